The fourth-order valence-electron chi connectivity index (χ4n) is 1.49. The number of nitrogens with one attached hydrogen (secondary N) is 1. The maximum Gasteiger partial charge on any atom is 0.239 e. The fraction of sp³-hybridized carbons (Fsp3) is 0.333. The third-order valence-electron chi connectivity index (χ3n) is 2.28. The summed E-state index contributed by atoms with van der Waals surface area (Å²) in [4.78, 5) is 16.1. The molecule has 0 fully saturated rings. The highest BCUT2D eigenvalue weighted by atomic mass is 35.5. The Morgan fingerprint density at radius 2 is 2.24 bits per heavy atom. The SMILES string of the molecule is CON=C(C)c1cccc(C)c1NC(=O)CCl. The average Bonchev–Trinajstić information content (AvgIpc) is 2.31. The number of benzene rings is 1. The number of anilines is 1. The normalized spacial score (nSPS) is 11.2. The molecular formula is C12H15ClN2O2. The number of halogens is 1. The summed E-state index contributed by atoms with van der Waals surface area (Å²) in [5, 5.41) is 6.62. The Kier molecular flexibility index (Phi) is 4.97. The molecule has 0 bridgehead atoms. The molecule has 0 aliphatic carbocycles. The quantitative estimate of drug-likeness (QED) is 0.510. The number of amides is 1. The van der Waals surface area contributed by atoms with Crippen LogP contribution in [0.2, 0.25) is 0 Å². The lowest BCUT2D eigenvalue weighted by Crippen LogP contribution is -2.16. The molecule has 92 valence electrons. The second kappa shape index (κ2) is 6.25. The number of oxime groups is 1. The smallest absolute Gasteiger partial charge is 0.239 e. The first-order valence-electron chi connectivity index (χ1n) is 5.13. The van der Waals surface area contributed by atoms with Crippen LogP contribution in [0.4, 0.5) is 5.69 Å². The van der Waals surface area contributed by atoms with Gasteiger partial charge in [-0.05, 0) is 19.4 Å². The molecule has 0 unspecified atom stereocenters. The molecule has 4 nitrogen and oxygen atoms in total. The largest absolute Gasteiger partial charge is 0.399 e. The van der Waals surface area contributed by atoms with Gasteiger partial charge in [-0.3, -0.25) is 4.79 Å². The molecule has 1 amide bonds. The van der Waals surface area contributed by atoms with Gasteiger partial charge in [-0.15, -0.1) is 11.6 Å². The van der Waals surface area contributed by atoms with E-state index in [1.165, 1.54) is 7.11 Å². The van der Waals surface area contributed by atoms with Crippen LogP contribution in [0.5, 0.6) is 0 Å². The second-order valence-corrected chi connectivity index (χ2v) is 3.81. The fourth-order valence-corrected chi connectivity index (χ4v) is 1.56. The highest BCUT2D eigenvalue weighted by Crippen LogP contribution is 2.21. The summed E-state index contributed by atoms with van der Waals surface area (Å²) in [7, 11) is 1.48. The Morgan fingerprint density at radius 1 is 1.53 bits per heavy atom. The van der Waals surface area contributed by atoms with E-state index in [9.17, 15) is 4.79 Å². The van der Waals surface area contributed by atoms with E-state index in [4.69, 9.17) is 16.4 Å². The highest BCUT2D eigenvalue weighted by molar-refractivity contribution is 6.29. The standard InChI is InChI=1S/C12H15ClN2O2/c1-8-5-4-6-10(9(2)15-17-3)12(8)14-11(16)7-13/h4-6H,7H2,1-3H3,(H,14,16). The lowest BCUT2D eigenvalue weighted by atomic mass is 10.0. The van der Waals surface area contributed by atoms with Gasteiger partial charge in [0.25, 0.3) is 0 Å². The first-order chi connectivity index (χ1) is 8.10. The van der Waals surface area contributed by atoms with E-state index in [0.717, 1.165) is 16.8 Å². The molecule has 0 aromatic heterocycles. The summed E-state index contributed by atoms with van der Waals surface area (Å²) in [6.07, 6.45) is 0. The van der Waals surface area contributed by atoms with Crippen LogP contribution in [0.25, 0.3) is 0 Å². The molecule has 0 atom stereocenters. The summed E-state index contributed by atoms with van der Waals surface area (Å²) in [5.41, 5.74) is 3.19. The van der Waals surface area contributed by atoms with Crippen molar-refractivity contribution >= 4 is 28.9 Å². The topological polar surface area (TPSA) is 50.7 Å². The molecule has 0 radical (unpaired) electrons. The zero-order valence-corrected chi connectivity index (χ0v) is 10.8. The molecule has 0 spiro atoms. The molecule has 1 aromatic rings. The Morgan fingerprint density at radius 3 is 2.82 bits per heavy atom. The van der Waals surface area contributed by atoms with Crippen LogP contribution >= 0.6 is 11.6 Å². The van der Waals surface area contributed by atoms with E-state index in [1.807, 2.05) is 32.0 Å². The number of carbonyl (C=O) groups excluding carboxylic acids is 1. The Labute approximate surface area is 106 Å². The van der Waals surface area contributed by atoms with Gasteiger partial charge in [-0.1, -0.05) is 23.4 Å². The number of hydrogen-bond acceptors (Lipinski definition) is 3. The molecule has 17 heavy (non-hydrogen) atoms. The molecule has 0 heterocycles. The number of hydrogen-bond donors (Lipinski definition) is 1. The Hall–Kier alpha value is -1.55. The monoisotopic (exact) mass is 254 g/mol. The Bertz CT molecular complexity index is 444. The van der Waals surface area contributed by atoms with Crippen molar-refractivity contribution in [1.82, 2.24) is 0 Å². The number of carbonyl (C=O) groups is 1. The number of alkyl halides is 1. The molecule has 0 aliphatic heterocycles. The van der Waals surface area contributed by atoms with Gasteiger partial charge in [0.1, 0.15) is 13.0 Å². The summed E-state index contributed by atoms with van der Waals surface area (Å²) < 4.78 is 0. The maximum atomic E-state index is 11.4. The zero-order chi connectivity index (χ0) is 12.8. The summed E-state index contributed by atoms with van der Waals surface area (Å²) >= 11 is 5.48. The van der Waals surface area contributed by atoms with Crippen molar-refractivity contribution in [3.8, 4) is 0 Å². The van der Waals surface area contributed by atoms with E-state index in [-0.39, 0.29) is 11.8 Å². The number of para-hydroxylation sites is 1. The third kappa shape index (κ3) is 3.46. The van der Waals surface area contributed by atoms with Gasteiger partial charge in [0, 0.05) is 5.56 Å². The average molecular weight is 255 g/mol. The summed E-state index contributed by atoms with van der Waals surface area (Å²) in [6.45, 7) is 3.72. The predicted molar refractivity (Wildman–Crippen MR) is 69.7 cm³/mol. The van der Waals surface area contributed by atoms with Gasteiger partial charge in [0.2, 0.25) is 5.91 Å². The first kappa shape index (κ1) is 13.5. The van der Waals surface area contributed by atoms with E-state index in [0.29, 0.717) is 5.71 Å². The van der Waals surface area contributed by atoms with Crippen molar-refractivity contribution in [3.05, 3.63) is 29.3 Å². The van der Waals surface area contributed by atoms with Gasteiger partial charge < -0.3 is 10.2 Å². The van der Waals surface area contributed by atoms with E-state index in [2.05, 4.69) is 10.5 Å². The first-order valence-corrected chi connectivity index (χ1v) is 5.67. The zero-order valence-electron chi connectivity index (χ0n) is 10.1. The van der Waals surface area contributed by atoms with Crippen molar-refractivity contribution in [3.63, 3.8) is 0 Å². The molecule has 0 aliphatic rings. The highest BCUT2D eigenvalue weighted by Gasteiger charge is 2.11. The minimum Gasteiger partial charge on any atom is -0.399 e. The van der Waals surface area contributed by atoms with Crippen LogP contribution in [0, 0.1) is 6.92 Å². The van der Waals surface area contributed by atoms with Gasteiger partial charge in [0.15, 0.2) is 0 Å². The van der Waals surface area contributed by atoms with Gasteiger partial charge in [0.05, 0.1) is 11.4 Å². The maximum absolute atomic E-state index is 11.4. The minimum atomic E-state index is -0.243. The molecule has 0 saturated carbocycles. The summed E-state index contributed by atoms with van der Waals surface area (Å²) in [5.74, 6) is -0.318. The van der Waals surface area contributed by atoms with Crippen LogP contribution in [0.1, 0.15) is 18.1 Å². The van der Waals surface area contributed by atoms with Crippen molar-refractivity contribution in [2.24, 2.45) is 5.16 Å². The van der Waals surface area contributed by atoms with Gasteiger partial charge >= 0.3 is 0 Å². The third-order valence-corrected chi connectivity index (χ3v) is 2.52. The Balaban J connectivity index is 3.17. The van der Waals surface area contributed by atoms with Crippen LogP contribution in [0.3, 0.4) is 0 Å². The van der Waals surface area contributed by atoms with Crippen molar-refractivity contribution in [2.75, 3.05) is 18.3 Å². The second-order valence-electron chi connectivity index (χ2n) is 3.54. The van der Waals surface area contributed by atoms with Crippen molar-refractivity contribution in [2.45, 2.75) is 13.8 Å². The van der Waals surface area contributed by atoms with Crippen LogP contribution in [-0.2, 0) is 9.63 Å². The van der Waals surface area contributed by atoms with Gasteiger partial charge in [-0.2, -0.15) is 0 Å². The lowest BCUT2D eigenvalue weighted by molar-refractivity contribution is -0.113. The number of aryl methyl sites for hydroxylation is 1. The molecule has 5 heteroatoms. The van der Waals surface area contributed by atoms with E-state index < -0.39 is 0 Å². The molecule has 1 rings (SSSR count). The van der Waals surface area contributed by atoms with E-state index in [1.54, 1.807) is 0 Å². The van der Waals surface area contributed by atoms with Crippen molar-refractivity contribution in [1.29, 1.82) is 0 Å². The predicted octanol–water partition coefficient (Wildman–Crippen LogP) is 2.54. The number of rotatable bonds is 4. The minimum absolute atomic E-state index is 0.0752. The number of nitrogens with zero attached hydrogens (tertiary/aromatic N) is 1. The van der Waals surface area contributed by atoms with Crippen LogP contribution < -0.4 is 5.32 Å². The van der Waals surface area contributed by atoms with Crippen LogP contribution in [0.15, 0.2) is 23.4 Å². The molecule has 1 aromatic carbocycles. The lowest BCUT2D eigenvalue weighted by Gasteiger charge is -2.12. The van der Waals surface area contributed by atoms with Crippen LogP contribution in [-0.4, -0.2) is 24.6 Å². The summed E-state index contributed by atoms with van der Waals surface area (Å²) in [6, 6.07) is 5.68. The van der Waals surface area contributed by atoms with Crippen molar-refractivity contribution < 1.29 is 9.63 Å². The van der Waals surface area contributed by atoms with E-state index >= 15 is 0 Å². The molecule has 1 N–H and O–H groups in total. The molecular weight excluding hydrogens is 240 g/mol. The molecule has 0 saturated heterocycles. The van der Waals surface area contributed by atoms with Gasteiger partial charge in [-0.25, -0.2) is 0 Å².